The summed E-state index contributed by atoms with van der Waals surface area (Å²) in [5.41, 5.74) is 1.77. The van der Waals surface area contributed by atoms with Gasteiger partial charge in [0.15, 0.2) is 0 Å². The zero-order valence-electron chi connectivity index (χ0n) is 5.58. The Labute approximate surface area is 58.8 Å². The van der Waals surface area contributed by atoms with Gasteiger partial charge in [0.25, 0.3) is 0 Å². The van der Waals surface area contributed by atoms with E-state index in [-0.39, 0.29) is 0 Å². The van der Waals surface area contributed by atoms with Gasteiger partial charge in [-0.05, 0) is 12.3 Å². The van der Waals surface area contributed by atoms with Gasteiger partial charge in [0.05, 0.1) is 0 Å². The van der Waals surface area contributed by atoms with Crippen molar-refractivity contribution in [3.63, 3.8) is 0 Å². The van der Waals surface area contributed by atoms with Crippen LogP contribution in [0.1, 0.15) is 19.3 Å². The van der Waals surface area contributed by atoms with Gasteiger partial charge in [0.2, 0.25) is 0 Å². The third kappa shape index (κ3) is 1.97. The molecular formula is C6H11NO3. The molecule has 0 aromatic heterocycles. The van der Waals surface area contributed by atoms with Crippen molar-refractivity contribution in [2.75, 3.05) is 0 Å². The van der Waals surface area contributed by atoms with Crippen LogP contribution in [0.25, 0.3) is 0 Å². The van der Waals surface area contributed by atoms with Crippen LogP contribution in [0.4, 0.5) is 0 Å². The van der Waals surface area contributed by atoms with E-state index in [2.05, 4.69) is 0 Å². The van der Waals surface area contributed by atoms with Crippen LogP contribution in [0.2, 0.25) is 0 Å². The average Bonchev–Trinajstić information content (AvgIpc) is 2.64. The largest absolute Gasteiger partial charge is 0.480 e. The van der Waals surface area contributed by atoms with Crippen molar-refractivity contribution in [2.45, 2.75) is 25.3 Å². The lowest BCUT2D eigenvalue weighted by Crippen LogP contribution is -2.34. The van der Waals surface area contributed by atoms with Gasteiger partial charge < -0.3 is 10.3 Å². The first kappa shape index (κ1) is 7.50. The smallest absolute Gasteiger partial charge is 0.323 e. The summed E-state index contributed by atoms with van der Waals surface area (Å²) in [4.78, 5) is 10.3. The minimum Gasteiger partial charge on any atom is -0.480 e. The SMILES string of the molecule is O=C(O)[C@H](CC1CC1)NO. The first-order valence-electron chi connectivity index (χ1n) is 3.36. The molecule has 0 aromatic carbocycles. The maximum Gasteiger partial charge on any atom is 0.323 e. The lowest BCUT2D eigenvalue weighted by atomic mass is 10.1. The van der Waals surface area contributed by atoms with Gasteiger partial charge in [-0.15, -0.1) is 0 Å². The lowest BCUT2D eigenvalue weighted by Gasteiger charge is -2.07. The van der Waals surface area contributed by atoms with Crippen LogP contribution in [0.5, 0.6) is 0 Å². The second-order valence-corrected chi connectivity index (χ2v) is 2.70. The van der Waals surface area contributed by atoms with Crippen LogP contribution in [-0.4, -0.2) is 22.3 Å². The Balaban J connectivity index is 2.24. The molecule has 0 bridgehead atoms. The van der Waals surface area contributed by atoms with E-state index in [9.17, 15) is 4.79 Å². The van der Waals surface area contributed by atoms with Gasteiger partial charge >= 0.3 is 5.97 Å². The summed E-state index contributed by atoms with van der Waals surface area (Å²) in [6.45, 7) is 0. The first-order chi connectivity index (χ1) is 4.74. The third-order valence-corrected chi connectivity index (χ3v) is 1.72. The van der Waals surface area contributed by atoms with Crippen molar-refractivity contribution in [3.8, 4) is 0 Å². The average molecular weight is 145 g/mol. The van der Waals surface area contributed by atoms with Gasteiger partial charge in [0.1, 0.15) is 6.04 Å². The summed E-state index contributed by atoms with van der Waals surface area (Å²) in [6.07, 6.45) is 2.75. The van der Waals surface area contributed by atoms with E-state index in [1.165, 1.54) is 0 Å². The fraction of sp³-hybridized carbons (Fsp3) is 0.833. The van der Waals surface area contributed by atoms with Gasteiger partial charge in [0, 0.05) is 0 Å². The standard InChI is InChI=1S/C6H11NO3/c8-6(9)5(7-10)3-4-1-2-4/h4-5,7,10H,1-3H2,(H,8,9)/t5-/m0/s1. The Morgan fingerprint density at radius 2 is 2.30 bits per heavy atom. The number of carboxylic acids is 1. The highest BCUT2D eigenvalue weighted by Crippen LogP contribution is 2.33. The summed E-state index contributed by atoms with van der Waals surface area (Å²) in [5.74, 6) is -0.463. The molecule has 0 saturated heterocycles. The summed E-state index contributed by atoms with van der Waals surface area (Å²) in [5, 5.41) is 16.8. The number of nitrogens with one attached hydrogen (secondary N) is 1. The van der Waals surface area contributed by atoms with Crippen molar-refractivity contribution in [1.82, 2.24) is 5.48 Å². The maximum absolute atomic E-state index is 10.3. The predicted molar refractivity (Wildman–Crippen MR) is 33.7 cm³/mol. The van der Waals surface area contributed by atoms with Crippen LogP contribution in [0.15, 0.2) is 0 Å². The number of hydroxylamine groups is 1. The highest BCUT2D eigenvalue weighted by Gasteiger charge is 2.28. The quantitative estimate of drug-likeness (QED) is 0.495. The molecule has 4 heteroatoms. The van der Waals surface area contributed by atoms with Crippen LogP contribution in [-0.2, 0) is 4.79 Å². The molecule has 10 heavy (non-hydrogen) atoms. The molecule has 1 aliphatic carbocycles. The third-order valence-electron chi connectivity index (χ3n) is 1.72. The summed E-state index contributed by atoms with van der Waals surface area (Å²) in [6, 6.07) is -0.771. The molecule has 0 spiro atoms. The molecule has 1 atom stereocenters. The molecule has 0 heterocycles. The summed E-state index contributed by atoms with van der Waals surface area (Å²) >= 11 is 0. The maximum atomic E-state index is 10.3. The molecule has 58 valence electrons. The van der Waals surface area contributed by atoms with E-state index in [1.54, 1.807) is 5.48 Å². The van der Waals surface area contributed by atoms with Gasteiger partial charge in [-0.25, -0.2) is 0 Å². The molecule has 0 aromatic rings. The molecule has 4 nitrogen and oxygen atoms in total. The predicted octanol–water partition coefficient (Wildman–Crippen LogP) is 0.219. The van der Waals surface area contributed by atoms with Crippen LogP contribution >= 0.6 is 0 Å². The molecule has 1 rings (SSSR count). The number of aliphatic carboxylic acids is 1. The Kier molecular flexibility index (Phi) is 2.24. The molecular weight excluding hydrogens is 134 g/mol. The monoisotopic (exact) mass is 145 g/mol. The van der Waals surface area contributed by atoms with Crippen molar-refractivity contribution in [3.05, 3.63) is 0 Å². The molecule has 0 amide bonds. The second kappa shape index (κ2) is 2.98. The minimum absolute atomic E-state index is 0.515. The summed E-state index contributed by atoms with van der Waals surface area (Å²) < 4.78 is 0. The normalized spacial score (nSPS) is 20.5. The van der Waals surface area contributed by atoms with Crippen molar-refractivity contribution < 1.29 is 15.1 Å². The highest BCUT2D eigenvalue weighted by atomic mass is 16.5. The minimum atomic E-state index is -0.977. The topological polar surface area (TPSA) is 69.6 Å². The van der Waals surface area contributed by atoms with Gasteiger partial charge in [-0.2, -0.15) is 5.48 Å². The molecule has 1 aliphatic rings. The Hall–Kier alpha value is -0.610. The second-order valence-electron chi connectivity index (χ2n) is 2.70. The number of carbonyl (C=O) groups is 1. The van der Waals surface area contributed by atoms with E-state index in [4.69, 9.17) is 10.3 Å². The molecule has 0 unspecified atom stereocenters. The molecule has 1 fully saturated rings. The van der Waals surface area contributed by atoms with Crippen molar-refractivity contribution in [2.24, 2.45) is 5.92 Å². The van der Waals surface area contributed by atoms with E-state index in [0.717, 1.165) is 12.8 Å². The number of hydrogen-bond donors (Lipinski definition) is 3. The van der Waals surface area contributed by atoms with Crippen LogP contribution in [0.3, 0.4) is 0 Å². The zero-order chi connectivity index (χ0) is 7.56. The molecule has 1 saturated carbocycles. The van der Waals surface area contributed by atoms with Gasteiger partial charge in [-0.3, -0.25) is 4.79 Å². The number of carboxylic acid groups (broad SMARTS) is 1. The van der Waals surface area contributed by atoms with E-state index < -0.39 is 12.0 Å². The fourth-order valence-corrected chi connectivity index (χ4v) is 0.896. The molecule has 0 radical (unpaired) electrons. The zero-order valence-corrected chi connectivity index (χ0v) is 5.58. The highest BCUT2D eigenvalue weighted by molar-refractivity contribution is 5.73. The van der Waals surface area contributed by atoms with Gasteiger partial charge in [-0.1, -0.05) is 12.8 Å². The van der Waals surface area contributed by atoms with E-state index in [0.29, 0.717) is 12.3 Å². The van der Waals surface area contributed by atoms with E-state index in [1.807, 2.05) is 0 Å². The lowest BCUT2D eigenvalue weighted by molar-refractivity contribution is -0.142. The van der Waals surface area contributed by atoms with E-state index >= 15 is 0 Å². The van der Waals surface area contributed by atoms with Crippen LogP contribution < -0.4 is 5.48 Å². The van der Waals surface area contributed by atoms with Crippen LogP contribution in [0, 0.1) is 5.92 Å². The van der Waals surface area contributed by atoms with Crippen molar-refractivity contribution in [1.29, 1.82) is 0 Å². The van der Waals surface area contributed by atoms with Crippen molar-refractivity contribution >= 4 is 5.97 Å². The Morgan fingerprint density at radius 3 is 2.60 bits per heavy atom. The molecule has 0 aliphatic heterocycles. The fourth-order valence-electron chi connectivity index (χ4n) is 0.896. The summed E-state index contributed by atoms with van der Waals surface area (Å²) in [7, 11) is 0. The number of rotatable bonds is 4. The Bertz CT molecular complexity index is 133. The number of hydrogen-bond acceptors (Lipinski definition) is 3. The molecule has 3 N–H and O–H groups in total. The first-order valence-corrected chi connectivity index (χ1v) is 3.36. The Morgan fingerprint density at radius 1 is 1.70 bits per heavy atom.